The van der Waals surface area contributed by atoms with Crippen LogP contribution >= 0.6 is 24.8 Å². The summed E-state index contributed by atoms with van der Waals surface area (Å²) in [5.41, 5.74) is 2.48. The normalized spacial score (nSPS) is 17.4. The van der Waals surface area contributed by atoms with E-state index < -0.39 is 0 Å². The fraction of sp³-hybridized carbons (Fsp3) is 0.526. The number of methoxy groups -OCH3 is 1. The van der Waals surface area contributed by atoms with Crippen molar-refractivity contribution in [2.45, 2.75) is 38.6 Å². The minimum atomic E-state index is 0. The van der Waals surface area contributed by atoms with Crippen molar-refractivity contribution in [3.63, 3.8) is 0 Å². The van der Waals surface area contributed by atoms with Crippen molar-refractivity contribution in [1.29, 1.82) is 0 Å². The van der Waals surface area contributed by atoms with E-state index in [0.29, 0.717) is 0 Å². The molecule has 1 N–H and O–H groups in total. The molecule has 1 fully saturated rings. The molecule has 2 aromatic rings. The fourth-order valence-electron chi connectivity index (χ4n) is 3.64. The summed E-state index contributed by atoms with van der Waals surface area (Å²) in [7, 11) is 1.69. The molecule has 6 nitrogen and oxygen atoms in total. The number of likely N-dealkylation sites (tertiary alicyclic amines) is 1. The number of fused-ring (bicyclic) bond motifs is 1. The first-order chi connectivity index (χ1) is 12.3. The molecular formula is C19H28Cl2N4O2. The van der Waals surface area contributed by atoms with Crippen LogP contribution in [-0.2, 0) is 19.6 Å². The summed E-state index contributed by atoms with van der Waals surface area (Å²) in [6.07, 6.45) is 2.33. The summed E-state index contributed by atoms with van der Waals surface area (Å²) < 4.78 is 13.7. The van der Waals surface area contributed by atoms with Crippen LogP contribution in [-0.4, -0.2) is 47.5 Å². The fourth-order valence-corrected chi connectivity index (χ4v) is 3.64. The molecule has 1 aromatic carbocycles. The number of rotatable bonds is 5. The van der Waals surface area contributed by atoms with Crippen LogP contribution in [0.2, 0.25) is 0 Å². The van der Waals surface area contributed by atoms with Crippen molar-refractivity contribution >= 4 is 24.8 Å². The Labute approximate surface area is 173 Å². The van der Waals surface area contributed by atoms with Gasteiger partial charge in [0.15, 0.2) is 11.5 Å². The van der Waals surface area contributed by atoms with Crippen molar-refractivity contribution in [3.8, 4) is 11.5 Å². The van der Waals surface area contributed by atoms with Crippen LogP contribution < -0.4 is 14.8 Å². The highest BCUT2D eigenvalue weighted by Gasteiger charge is 2.22. The molecule has 1 saturated heterocycles. The predicted octanol–water partition coefficient (Wildman–Crippen LogP) is 2.88. The van der Waals surface area contributed by atoms with Crippen molar-refractivity contribution in [2.24, 2.45) is 0 Å². The smallest absolute Gasteiger partial charge is 0.161 e. The molecule has 3 heterocycles. The van der Waals surface area contributed by atoms with E-state index in [0.717, 1.165) is 63.6 Å². The number of halogens is 2. The van der Waals surface area contributed by atoms with E-state index in [4.69, 9.17) is 14.6 Å². The highest BCUT2D eigenvalue weighted by atomic mass is 35.5. The van der Waals surface area contributed by atoms with E-state index in [1.54, 1.807) is 7.11 Å². The number of hydrogen-bond acceptors (Lipinski definition) is 5. The van der Waals surface area contributed by atoms with Crippen LogP contribution in [0.5, 0.6) is 11.5 Å². The molecule has 0 radical (unpaired) electrons. The van der Waals surface area contributed by atoms with Gasteiger partial charge in [-0.3, -0.25) is 9.58 Å². The van der Waals surface area contributed by atoms with Crippen LogP contribution in [0.1, 0.15) is 24.2 Å². The molecule has 0 atom stereocenters. The molecule has 2 aliphatic heterocycles. The van der Waals surface area contributed by atoms with Gasteiger partial charge < -0.3 is 14.8 Å². The topological polar surface area (TPSA) is 51.6 Å². The van der Waals surface area contributed by atoms with Gasteiger partial charge in [0, 0.05) is 32.7 Å². The summed E-state index contributed by atoms with van der Waals surface area (Å²) in [6.45, 7) is 5.94. The van der Waals surface area contributed by atoms with Gasteiger partial charge in [0.25, 0.3) is 0 Å². The van der Waals surface area contributed by atoms with Gasteiger partial charge in [-0.05, 0) is 31.0 Å². The van der Waals surface area contributed by atoms with Crippen LogP contribution in [0, 0.1) is 0 Å². The maximum Gasteiger partial charge on any atom is 0.161 e. The average Bonchev–Trinajstić information content (AvgIpc) is 3.06. The molecule has 27 heavy (non-hydrogen) atoms. The summed E-state index contributed by atoms with van der Waals surface area (Å²) >= 11 is 0. The van der Waals surface area contributed by atoms with Crippen LogP contribution in [0.25, 0.3) is 0 Å². The minimum absolute atomic E-state index is 0. The number of aromatic nitrogens is 2. The third-order valence-corrected chi connectivity index (χ3v) is 5.00. The Hall–Kier alpha value is -1.47. The second-order valence-electron chi connectivity index (χ2n) is 6.77. The molecule has 150 valence electrons. The third kappa shape index (κ3) is 5.29. The zero-order valence-electron chi connectivity index (χ0n) is 15.6. The van der Waals surface area contributed by atoms with Gasteiger partial charge in [0.2, 0.25) is 0 Å². The molecular weight excluding hydrogens is 387 g/mol. The lowest BCUT2D eigenvalue weighted by atomic mass is 10.1. The second kappa shape index (κ2) is 10.2. The highest BCUT2D eigenvalue weighted by Crippen LogP contribution is 2.29. The largest absolute Gasteiger partial charge is 0.493 e. The first-order valence-electron chi connectivity index (χ1n) is 9.10. The molecule has 8 heteroatoms. The highest BCUT2D eigenvalue weighted by molar-refractivity contribution is 5.85. The Morgan fingerprint density at radius 2 is 1.85 bits per heavy atom. The van der Waals surface area contributed by atoms with Gasteiger partial charge in [-0.15, -0.1) is 24.8 Å². The van der Waals surface area contributed by atoms with Gasteiger partial charge in [0.05, 0.1) is 25.0 Å². The molecule has 1 aromatic heterocycles. The van der Waals surface area contributed by atoms with E-state index in [-0.39, 0.29) is 30.9 Å². The zero-order chi connectivity index (χ0) is 17.1. The van der Waals surface area contributed by atoms with Crippen molar-refractivity contribution in [1.82, 2.24) is 20.0 Å². The van der Waals surface area contributed by atoms with Gasteiger partial charge in [0.1, 0.15) is 6.10 Å². The summed E-state index contributed by atoms with van der Waals surface area (Å²) in [5.74, 6) is 1.65. The quantitative estimate of drug-likeness (QED) is 0.814. The van der Waals surface area contributed by atoms with Gasteiger partial charge in [-0.2, -0.15) is 5.10 Å². The number of nitrogens with zero attached hydrogens (tertiary/aromatic N) is 3. The molecule has 2 aliphatic rings. The molecule has 0 aliphatic carbocycles. The van der Waals surface area contributed by atoms with E-state index in [1.807, 2.05) is 24.3 Å². The SMILES string of the molecule is COc1ccccc1OC1CCN(Cc2cc3n(n2)CCNC3)CC1.Cl.Cl. The standard InChI is InChI=1S/C19H26N4O2.2ClH/c1-24-18-4-2-3-5-19(18)25-17-6-9-22(10-7-17)14-15-12-16-13-20-8-11-23(16)21-15;;/h2-5,12,17,20H,6-11,13-14H2,1H3;2*1H. The van der Waals surface area contributed by atoms with Crippen molar-refractivity contribution in [2.75, 3.05) is 26.7 Å². The predicted molar refractivity (Wildman–Crippen MR) is 110 cm³/mol. The van der Waals surface area contributed by atoms with Crippen molar-refractivity contribution in [3.05, 3.63) is 41.7 Å². The van der Waals surface area contributed by atoms with Crippen molar-refractivity contribution < 1.29 is 9.47 Å². The lowest BCUT2D eigenvalue weighted by Crippen LogP contribution is -2.38. The van der Waals surface area contributed by atoms with Gasteiger partial charge in [-0.25, -0.2) is 0 Å². The Bertz CT molecular complexity index is 694. The maximum atomic E-state index is 6.16. The molecule has 0 saturated carbocycles. The number of piperidine rings is 1. The Morgan fingerprint density at radius 1 is 1.11 bits per heavy atom. The summed E-state index contributed by atoms with van der Waals surface area (Å²) in [6, 6.07) is 10.1. The maximum absolute atomic E-state index is 6.16. The first kappa shape index (κ1) is 21.8. The lowest BCUT2D eigenvalue weighted by molar-refractivity contribution is 0.0935. The molecule has 0 spiro atoms. The van der Waals surface area contributed by atoms with E-state index in [2.05, 4.69) is 21.0 Å². The van der Waals surface area contributed by atoms with E-state index in [1.165, 1.54) is 11.4 Å². The average molecular weight is 415 g/mol. The first-order valence-corrected chi connectivity index (χ1v) is 9.10. The van der Waals surface area contributed by atoms with Crippen LogP contribution in [0.4, 0.5) is 0 Å². The number of hydrogen-bond donors (Lipinski definition) is 1. The van der Waals surface area contributed by atoms with Gasteiger partial charge >= 0.3 is 0 Å². The monoisotopic (exact) mass is 414 g/mol. The molecule has 0 unspecified atom stereocenters. The third-order valence-electron chi connectivity index (χ3n) is 5.00. The van der Waals surface area contributed by atoms with Crippen LogP contribution in [0.15, 0.2) is 30.3 Å². The second-order valence-corrected chi connectivity index (χ2v) is 6.77. The van der Waals surface area contributed by atoms with E-state index >= 15 is 0 Å². The Balaban J connectivity index is 0.00000131. The Kier molecular flexibility index (Phi) is 8.23. The lowest BCUT2D eigenvalue weighted by Gasteiger charge is -2.31. The summed E-state index contributed by atoms with van der Waals surface area (Å²) in [4.78, 5) is 2.48. The number of para-hydroxylation sites is 2. The number of ether oxygens (including phenoxy) is 2. The molecule has 4 rings (SSSR count). The molecule has 0 amide bonds. The Morgan fingerprint density at radius 3 is 2.56 bits per heavy atom. The number of nitrogens with one attached hydrogen (secondary N) is 1. The molecule has 0 bridgehead atoms. The minimum Gasteiger partial charge on any atom is -0.493 e. The van der Waals surface area contributed by atoms with Crippen LogP contribution in [0.3, 0.4) is 0 Å². The summed E-state index contributed by atoms with van der Waals surface area (Å²) in [5, 5.41) is 8.14. The van der Waals surface area contributed by atoms with Gasteiger partial charge in [-0.1, -0.05) is 12.1 Å². The van der Waals surface area contributed by atoms with E-state index in [9.17, 15) is 0 Å². The zero-order valence-corrected chi connectivity index (χ0v) is 17.2. The number of benzene rings is 1.